The van der Waals surface area contributed by atoms with Crippen molar-refractivity contribution in [2.45, 2.75) is 24.1 Å². The molecule has 0 spiro atoms. The van der Waals surface area contributed by atoms with Crippen LogP contribution in [0.1, 0.15) is 22.4 Å². The lowest BCUT2D eigenvalue weighted by atomic mass is 10.1. The molecule has 6 nitrogen and oxygen atoms in total. The first kappa shape index (κ1) is 18.2. The highest BCUT2D eigenvalue weighted by atomic mass is 32.2. The van der Waals surface area contributed by atoms with Gasteiger partial charge in [0, 0.05) is 11.5 Å². The number of aryl methyl sites for hydroxylation is 2. The van der Waals surface area contributed by atoms with Crippen molar-refractivity contribution in [3.8, 4) is 0 Å². The van der Waals surface area contributed by atoms with Gasteiger partial charge in [0.2, 0.25) is 5.91 Å². The largest absolute Gasteiger partial charge is 0.360 e. The molecule has 2 aromatic heterocycles. The number of hydrogen-bond acceptors (Lipinski definition) is 6. The van der Waals surface area contributed by atoms with E-state index in [9.17, 15) is 4.79 Å². The zero-order chi connectivity index (χ0) is 19.5. The van der Waals surface area contributed by atoms with Gasteiger partial charge in [0.1, 0.15) is 21.9 Å². The molecule has 0 radical (unpaired) electrons. The van der Waals surface area contributed by atoms with E-state index in [1.54, 1.807) is 13.0 Å². The molecule has 4 rings (SSSR count). The van der Waals surface area contributed by atoms with Gasteiger partial charge in [-0.1, -0.05) is 65.4 Å². The number of aromatic nitrogens is 3. The maximum Gasteiger partial charge on any atom is 0.243 e. The molecule has 0 saturated heterocycles. The van der Waals surface area contributed by atoms with Crippen molar-refractivity contribution in [1.29, 1.82) is 0 Å². The molecule has 28 heavy (non-hydrogen) atoms. The number of amides is 1. The molecule has 2 aromatic carbocycles. The van der Waals surface area contributed by atoms with Crippen molar-refractivity contribution in [3.63, 3.8) is 0 Å². The number of para-hydroxylation sites is 1. The predicted molar refractivity (Wildman–Crippen MR) is 109 cm³/mol. The number of anilines is 1. The van der Waals surface area contributed by atoms with E-state index in [4.69, 9.17) is 4.52 Å². The molecular formula is C21H18N4O2S. The van der Waals surface area contributed by atoms with E-state index in [0.29, 0.717) is 17.4 Å². The number of nitrogens with zero attached hydrogens (tertiary/aromatic N) is 3. The van der Waals surface area contributed by atoms with Gasteiger partial charge in [-0.05, 0) is 25.5 Å². The second-order valence-corrected chi connectivity index (χ2v) is 7.41. The monoisotopic (exact) mass is 390 g/mol. The molecule has 1 N–H and O–H groups in total. The second kappa shape index (κ2) is 7.82. The van der Waals surface area contributed by atoms with Gasteiger partial charge in [0.05, 0.1) is 5.52 Å². The van der Waals surface area contributed by atoms with Crippen LogP contribution in [0.2, 0.25) is 0 Å². The van der Waals surface area contributed by atoms with Crippen LogP contribution >= 0.6 is 11.8 Å². The first-order valence-corrected chi connectivity index (χ1v) is 9.67. The summed E-state index contributed by atoms with van der Waals surface area (Å²) in [6.07, 6.45) is 0. The molecule has 0 bridgehead atoms. The zero-order valence-corrected chi connectivity index (χ0v) is 16.2. The minimum atomic E-state index is -0.504. The lowest BCUT2D eigenvalue weighted by Crippen LogP contribution is -2.19. The highest BCUT2D eigenvalue weighted by molar-refractivity contribution is 8.00. The first-order chi connectivity index (χ1) is 13.6. The Morgan fingerprint density at radius 3 is 2.54 bits per heavy atom. The average molecular weight is 390 g/mol. The molecule has 1 amide bonds. The van der Waals surface area contributed by atoms with Gasteiger partial charge in [-0.25, -0.2) is 9.97 Å². The van der Waals surface area contributed by atoms with Crippen molar-refractivity contribution in [1.82, 2.24) is 15.1 Å². The SMILES string of the molecule is Cc1nc(SC(C(=O)Nc2cc(C)on2)c2ccccc2)c2ccccc2n1. The highest BCUT2D eigenvalue weighted by Crippen LogP contribution is 2.38. The normalized spacial score (nSPS) is 12.1. The van der Waals surface area contributed by atoms with E-state index < -0.39 is 5.25 Å². The van der Waals surface area contributed by atoms with Crippen LogP contribution in [0.15, 0.2) is 70.2 Å². The molecule has 1 unspecified atom stereocenters. The molecule has 4 aromatic rings. The zero-order valence-electron chi connectivity index (χ0n) is 15.4. The maximum absolute atomic E-state index is 13.1. The van der Waals surface area contributed by atoms with E-state index in [1.807, 2.05) is 61.5 Å². The number of thioether (sulfide) groups is 1. The summed E-state index contributed by atoms with van der Waals surface area (Å²) in [4.78, 5) is 22.2. The number of carbonyl (C=O) groups is 1. The Labute approximate surface area is 166 Å². The van der Waals surface area contributed by atoms with Crippen LogP contribution in [0, 0.1) is 13.8 Å². The molecule has 2 heterocycles. The van der Waals surface area contributed by atoms with Gasteiger partial charge >= 0.3 is 0 Å². The standard InChI is InChI=1S/C21H18N4O2S/c1-13-12-18(25-27-13)24-20(26)19(15-8-4-3-5-9-15)28-21-16-10-6-7-11-17(16)22-14(2)23-21/h3-12,19H,1-2H3,(H,24,25,26). The molecular weight excluding hydrogens is 372 g/mol. The summed E-state index contributed by atoms with van der Waals surface area (Å²) in [7, 11) is 0. The van der Waals surface area contributed by atoms with Crippen LogP contribution in [-0.2, 0) is 4.79 Å². The molecule has 0 aliphatic rings. The molecule has 140 valence electrons. The van der Waals surface area contributed by atoms with E-state index in [1.165, 1.54) is 11.8 Å². The number of carbonyl (C=O) groups excluding carboxylic acids is 1. The van der Waals surface area contributed by atoms with Crippen LogP contribution in [0.4, 0.5) is 5.82 Å². The van der Waals surface area contributed by atoms with Gasteiger partial charge in [-0.3, -0.25) is 4.79 Å². The van der Waals surface area contributed by atoms with E-state index >= 15 is 0 Å². The van der Waals surface area contributed by atoms with E-state index in [-0.39, 0.29) is 5.91 Å². The van der Waals surface area contributed by atoms with Gasteiger partial charge in [-0.2, -0.15) is 0 Å². The fraction of sp³-hybridized carbons (Fsp3) is 0.143. The van der Waals surface area contributed by atoms with E-state index in [2.05, 4.69) is 20.4 Å². The topological polar surface area (TPSA) is 80.9 Å². The van der Waals surface area contributed by atoms with Crippen molar-refractivity contribution < 1.29 is 9.32 Å². The van der Waals surface area contributed by atoms with Crippen LogP contribution in [-0.4, -0.2) is 21.0 Å². The number of nitrogens with one attached hydrogen (secondary N) is 1. The fourth-order valence-corrected chi connectivity index (χ4v) is 4.04. The summed E-state index contributed by atoms with van der Waals surface area (Å²) in [6, 6.07) is 19.1. The molecule has 0 aliphatic heterocycles. The number of rotatable bonds is 5. The van der Waals surface area contributed by atoms with Crippen molar-refractivity contribution in [2.75, 3.05) is 5.32 Å². The van der Waals surface area contributed by atoms with Crippen LogP contribution in [0.25, 0.3) is 10.9 Å². The third-order valence-corrected chi connectivity index (χ3v) is 5.39. The summed E-state index contributed by atoms with van der Waals surface area (Å²) in [5.41, 5.74) is 1.74. The Hall–Kier alpha value is -3.19. The summed E-state index contributed by atoms with van der Waals surface area (Å²) < 4.78 is 5.05. The third-order valence-electron chi connectivity index (χ3n) is 4.13. The second-order valence-electron chi connectivity index (χ2n) is 6.31. The van der Waals surface area contributed by atoms with Crippen LogP contribution < -0.4 is 5.32 Å². The fourth-order valence-electron chi connectivity index (χ4n) is 2.88. The van der Waals surface area contributed by atoms with Crippen molar-refractivity contribution in [3.05, 3.63) is 77.8 Å². The van der Waals surface area contributed by atoms with Gasteiger partial charge < -0.3 is 9.84 Å². The molecule has 7 heteroatoms. The van der Waals surface area contributed by atoms with Crippen molar-refractivity contribution >= 4 is 34.4 Å². The summed E-state index contributed by atoms with van der Waals surface area (Å²) in [5.74, 6) is 1.51. The summed E-state index contributed by atoms with van der Waals surface area (Å²) in [6.45, 7) is 3.63. The maximum atomic E-state index is 13.1. The molecule has 1 atom stereocenters. The Kier molecular flexibility index (Phi) is 5.08. The predicted octanol–water partition coefficient (Wildman–Crippen LogP) is 4.71. The van der Waals surface area contributed by atoms with Crippen molar-refractivity contribution in [2.24, 2.45) is 0 Å². The Morgan fingerprint density at radius 1 is 1.04 bits per heavy atom. The average Bonchev–Trinajstić information content (AvgIpc) is 3.11. The molecule has 0 saturated carbocycles. The van der Waals surface area contributed by atoms with Crippen LogP contribution in [0.5, 0.6) is 0 Å². The minimum Gasteiger partial charge on any atom is -0.360 e. The molecule has 0 aliphatic carbocycles. The third kappa shape index (κ3) is 3.89. The quantitative estimate of drug-likeness (QED) is 0.393. The number of hydrogen-bond donors (Lipinski definition) is 1. The minimum absolute atomic E-state index is 0.190. The number of fused-ring (bicyclic) bond motifs is 1. The van der Waals surface area contributed by atoms with Crippen LogP contribution in [0.3, 0.4) is 0 Å². The lowest BCUT2D eigenvalue weighted by molar-refractivity contribution is -0.115. The van der Waals surface area contributed by atoms with E-state index in [0.717, 1.165) is 21.5 Å². The molecule has 0 fully saturated rings. The van der Waals surface area contributed by atoms with Gasteiger partial charge in [-0.15, -0.1) is 0 Å². The Bertz CT molecular complexity index is 1130. The summed E-state index contributed by atoms with van der Waals surface area (Å²) in [5, 5.41) is 7.88. The van der Waals surface area contributed by atoms with Gasteiger partial charge in [0.25, 0.3) is 0 Å². The smallest absolute Gasteiger partial charge is 0.243 e. The Morgan fingerprint density at radius 2 is 1.79 bits per heavy atom. The first-order valence-electron chi connectivity index (χ1n) is 8.79. The highest BCUT2D eigenvalue weighted by Gasteiger charge is 2.25. The lowest BCUT2D eigenvalue weighted by Gasteiger charge is -2.17. The van der Waals surface area contributed by atoms with Gasteiger partial charge in [0.15, 0.2) is 5.82 Å². The number of benzene rings is 2. The Balaban J connectivity index is 1.71. The summed E-state index contributed by atoms with van der Waals surface area (Å²) >= 11 is 1.40.